The summed E-state index contributed by atoms with van der Waals surface area (Å²) >= 11 is 2.86. The Kier molecular flexibility index (Phi) is 4.07. The van der Waals surface area contributed by atoms with Gasteiger partial charge in [-0.2, -0.15) is 0 Å². The van der Waals surface area contributed by atoms with Gasteiger partial charge in [-0.15, -0.1) is 11.3 Å². The van der Waals surface area contributed by atoms with Crippen molar-refractivity contribution < 1.29 is 19.4 Å². The Morgan fingerprint density at radius 1 is 1.72 bits per heavy atom. The SMILES string of the molecule is Cc1nc(SCC2CNC(=O)O2)sc1CC(=O)O. The standard InChI is InChI=1S/C10H12N2O4S2/c1-5-7(2-8(13)14)18-10(12-5)17-4-6-3-11-9(15)16-6/h6H,2-4H2,1H3,(H,11,15)(H,13,14). The number of hydrogen-bond acceptors (Lipinski definition) is 6. The van der Waals surface area contributed by atoms with Crippen LogP contribution in [0.15, 0.2) is 4.34 Å². The van der Waals surface area contributed by atoms with Crippen LogP contribution in [0.2, 0.25) is 0 Å². The molecule has 98 valence electrons. The molecule has 1 atom stereocenters. The highest BCUT2D eigenvalue weighted by atomic mass is 32.2. The number of aliphatic carboxylic acids is 1. The van der Waals surface area contributed by atoms with Crippen LogP contribution in [0.3, 0.4) is 0 Å². The summed E-state index contributed by atoms with van der Waals surface area (Å²) in [5, 5.41) is 11.3. The molecular formula is C10H12N2O4S2. The Morgan fingerprint density at radius 2 is 2.50 bits per heavy atom. The number of amides is 1. The Hall–Kier alpha value is -1.28. The summed E-state index contributed by atoms with van der Waals surface area (Å²) in [6.07, 6.45) is -0.526. The monoisotopic (exact) mass is 288 g/mol. The molecule has 2 heterocycles. The summed E-state index contributed by atoms with van der Waals surface area (Å²) < 4.78 is 5.81. The van der Waals surface area contributed by atoms with Crippen molar-refractivity contribution in [3.05, 3.63) is 10.6 Å². The van der Waals surface area contributed by atoms with E-state index in [0.717, 1.165) is 14.9 Å². The van der Waals surface area contributed by atoms with Gasteiger partial charge in [0.15, 0.2) is 4.34 Å². The molecule has 18 heavy (non-hydrogen) atoms. The van der Waals surface area contributed by atoms with Gasteiger partial charge in [0, 0.05) is 10.6 Å². The number of carboxylic acids is 1. The predicted octanol–water partition coefficient (Wildman–Crippen LogP) is 1.28. The van der Waals surface area contributed by atoms with Crippen LogP contribution < -0.4 is 5.32 Å². The Morgan fingerprint density at radius 3 is 3.11 bits per heavy atom. The average molecular weight is 288 g/mol. The number of carboxylic acid groups (broad SMARTS) is 1. The summed E-state index contributed by atoms with van der Waals surface area (Å²) in [4.78, 5) is 26.5. The van der Waals surface area contributed by atoms with Gasteiger partial charge in [-0.1, -0.05) is 11.8 Å². The van der Waals surface area contributed by atoms with E-state index in [2.05, 4.69) is 10.3 Å². The number of nitrogens with one attached hydrogen (secondary N) is 1. The van der Waals surface area contributed by atoms with Crippen LogP contribution in [0.5, 0.6) is 0 Å². The molecule has 1 aromatic heterocycles. The van der Waals surface area contributed by atoms with Gasteiger partial charge in [-0.25, -0.2) is 9.78 Å². The minimum atomic E-state index is -0.854. The summed E-state index contributed by atoms with van der Waals surface area (Å²) in [5.41, 5.74) is 0.756. The second-order valence-electron chi connectivity index (χ2n) is 3.78. The molecule has 6 nitrogen and oxygen atoms in total. The Balaban J connectivity index is 1.89. The average Bonchev–Trinajstić information content (AvgIpc) is 2.83. The molecular weight excluding hydrogens is 276 g/mol. The van der Waals surface area contributed by atoms with E-state index >= 15 is 0 Å². The number of ether oxygens (including phenoxy) is 1. The van der Waals surface area contributed by atoms with Crippen molar-refractivity contribution in [3.63, 3.8) is 0 Å². The van der Waals surface area contributed by atoms with Crippen molar-refractivity contribution >= 4 is 35.2 Å². The fourth-order valence-electron chi connectivity index (χ4n) is 1.45. The molecule has 0 bridgehead atoms. The maximum atomic E-state index is 10.8. The molecule has 8 heteroatoms. The fraction of sp³-hybridized carbons (Fsp3) is 0.500. The highest BCUT2D eigenvalue weighted by Gasteiger charge is 2.23. The number of aromatic nitrogens is 1. The van der Waals surface area contributed by atoms with Crippen LogP contribution in [-0.2, 0) is 16.0 Å². The molecule has 1 aliphatic heterocycles. The van der Waals surface area contributed by atoms with Gasteiger partial charge < -0.3 is 15.2 Å². The number of thiazole rings is 1. The van der Waals surface area contributed by atoms with Crippen molar-refractivity contribution in [2.75, 3.05) is 12.3 Å². The van der Waals surface area contributed by atoms with Crippen LogP contribution in [0.1, 0.15) is 10.6 Å². The van der Waals surface area contributed by atoms with E-state index in [1.165, 1.54) is 23.1 Å². The zero-order chi connectivity index (χ0) is 13.1. The zero-order valence-electron chi connectivity index (χ0n) is 9.63. The van der Waals surface area contributed by atoms with Gasteiger partial charge in [-0.3, -0.25) is 4.79 Å². The maximum Gasteiger partial charge on any atom is 0.407 e. The van der Waals surface area contributed by atoms with Crippen molar-refractivity contribution in [2.24, 2.45) is 0 Å². The number of hydrogen-bond donors (Lipinski definition) is 2. The molecule has 0 aliphatic carbocycles. The van der Waals surface area contributed by atoms with Crippen LogP contribution >= 0.6 is 23.1 Å². The van der Waals surface area contributed by atoms with E-state index in [1.807, 2.05) is 0 Å². The molecule has 1 fully saturated rings. The van der Waals surface area contributed by atoms with Gasteiger partial charge >= 0.3 is 12.1 Å². The second kappa shape index (κ2) is 5.57. The first-order chi connectivity index (χ1) is 8.54. The lowest BCUT2D eigenvalue weighted by Gasteiger charge is -2.04. The van der Waals surface area contributed by atoms with E-state index in [0.29, 0.717) is 12.3 Å². The highest BCUT2D eigenvalue weighted by molar-refractivity contribution is 8.01. The van der Waals surface area contributed by atoms with E-state index in [4.69, 9.17) is 9.84 Å². The zero-order valence-corrected chi connectivity index (χ0v) is 11.3. The molecule has 2 N–H and O–H groups in total. The molecule has 1 aliphatic rings. The van der Waals surface area contributed by atoms with Crippen LogP contribution in [0.25, 0.3) is 0 Å². The first-order valence-electron chi connectivity index (χ1n) is 5.30. The van der Waals surface area contributed by atoms with Crippen molar-refractivity contribution in [1.82, 2.24) is 10.3 Å². The first-order valence-corrected chi connectivity index (χ1v) is 7.10. The highest BCUT2D eigenvalue weighted by Crippen LogP contribution is 2.28. The molecule has 0 spiro atoms. The Labute approximate surface area is 112 Å². The molecule has 0 saturated carbocycles. The van der Waals surface area contributed by atoms with Crippen LogP contribution in [0.4, 0.5) is 4.79 Å². The molecule has 0 radical (unpaired) electrons. The van der Waals surface area contributed by atoms with Gasteiger partial charge in [0.25, 0.3) is 0 Å². The van der Waals surface area contributed by atoms with Gasteiger partial charge in [0.05, 0.1) is 18.7 Å². The van der Waals surface area contributed by atoms with Crippen LogP contribution in [-0.4, -0.2) is 40.6 Å². The third-order valence-electron chi connectivity index (χ3n) is 2.33. The number of carbonyl (C=O) groups is 2. The molecule has 0 aromatic carbocycles. The topological polar surface area (TPSA) is 88.5 Å². The summed E-state index contributed by atoms with van der Waals surface area (Å²) in [5.74, 6) is -0.231. The number of nitrogens with zero attached hydrogens (tertiary/aromatic N) is 1. The largest absolute Gasteiger partial charge is 0.481 e. The van der Waals surface area contributed by atoms with Gasteiger partial charge in [-0.05, 0) is 6.92 Å². The normalized spacial score (nSPS) is 18.5. The predicted molar refractivity (Wildman–Crippen MR) is 67.2 cm³/mol. The van der Waals surface area contributed by atoms with Crippen molar-refractivity contribution in [1.29, 1.82) is 0 Å². The minimum absolute atomic E-state index is 0.00400. The number of thioether (sulfide) groups is 1. The third kappa shape index (κ3) is 3.36. The lowest BCUT2D eigenvalue weighted by atomic mass is 10.3. The third-order valence-corrected chi connectivity index (χ3v) is 4.76. The summed E-state index contributed by atoms with van der Waals surface area (Å²) in [6, 6.07) is 0. The number of carbonyl (C=O) groups excluding carboxylic acids is 1. The van der Waals surface area contributed by atoms with Gasteiger partial charge in [0.2, 0.25) is 0 Å². The lowest BCUT2D eigenvalue weighted by Crippen LogP contribution is -2.16. The smallest absolute Gasteiger partial charge is 0.407 e. The van der Waals surface area contributed by atoms with E-state index in [9.17, 15) is 9.59 Å². The molecule has 1 saturated heterocycles. The van der Waals surface area contributed by atoms with Crippen molar-refractivity contribution in [3.8, 4) is 0 Å². The second-order valence-corrected chi connectivity index (χ2v) is 6.13. The summed E-state index contributed by atoms with van der Waals surface area (Å²) in [7, 11) is 0. The molecule has 1 unspecified atom stereocenters. The summed E-state index contributed by atoms with van der Waals surface area (Å²) in [6.45, 7) is 2.31. The number of alkyl carbamates (subject to hydrolysis) is 1. The van der Waals surface area contributed by atoms with E-state index in [1.54, 1.807) is 6.92 Å². The van der Waals surface area contributed by atoms with Gasteiger partial charge in [0.1, 0.15) is 6.10 Å². The minimum Gasteiger partial charge on any atom is -0.481 e. The lowest BCUT2D eigenvalue weighted by molar-refractivity contribution is -0.136. The number of cyclic esters (lactones) is 1. The van der Waals surface area contributed by atoms with E-state index < -0.39 is 5.97 Å². The maximum absolute atomic E-state index is 10.8. The fourth-order valence-corrected chi connectivity index (χ4v) is 3.69. The Bertz CT molecular complexity index is 474. The molecule has 1 amide bonds. The quantitative estimate of drug-likeness (QED) is 0.793. The number of rotatable bonds is 5. The van der Waals surface area contributed by atoms with E-state index in [-0.39, 0.29) is 18.6 Å². The number of aryl methyl sites for hydroxylation is 1. The molecule has 1 aromatic rings. The van der Waals surface area contributed by atoms with Crippen LogP contribution in [0, 0.1) is 6.92 Å². The molecule has 2 rings (SSSR count). The van der Waals surface area contributed by atoms with Crippen molar-refractivity contribution in [2.45, 2.75) is 23.8 Å². The first kappa shape index (κ1) is 13.2.